The Balaban J connectivity index is 2.24. The summed E-state index contributed by atoms with van der Waals surface area (Å²) in [5.74, 6) is -0.233. The SMILES string of the molecule is CC(c1nn[nH]n1)N1C(=O)CCC1C(N)=O. The fourth-order valence-corrected chi connectivity index (χ4v) is 1.94. The van der Waals surface area contributed by atoms with Crippen molar-refractivity contribution in [2.75, 3.05) is 0 Å². The molecule has 0 aromatic carbocycles. The second-order valence-electron chi connectivity index (χ2n) is 3.70. The van der Waals surface area contributed by atoms with Gasteiger partial charge in [0.25, 0.3) is 0 Å². The average molecular weight is 224 g/mol. The maximum absolute atomic E-state index is 11.7. The molecule has 86 valence electrons. The Hall–Kier alpha value is -1.99. The smallest absolute Gasteiger partial charge is 0.240 e. The standard InChI is InChI=1S/C8H12N6O2/c1-4(8-10-12-13-11-8)14-5(7(9)16)2-3-6(14)15/h4-5H,2-3H2,1H3,(H2,9,16)(H,10,11,12,13). The van der Waals surface area contributed by atoms with Crippen molar-refractivity contribution in [3.63, 3.8) is 0 Å². The van der Waals surface area contributed by atoms with Crippen LogP contribution in [0.5, 0.6) is 0 Å². The van der Waals surface area contributed by atoms with Crippen molar-refractivity contribution in [3.8, 4) is 0 Å². The van der Waals surface area contributed by atoms with Crippen molar-refractivity contribution in [1.29, 1.82) is 0 Å². The predicted octanol–water partition coefficient (Wildman–Crippen LogP) is -1.26. The van der Waals surface area contributed by atoms with Crippen LogP contribution in [0.15, 0.2) is 0 Å². The summed E-state index contributed by atoms with van der Waals surface area (Å²) in [5, 5.41) is 13.3. The predicted molar refractivity (Wildman–Crippen MR) is 51.7 cm³/mol. The second-order valence-corrected chi connectivity index (χ2v) is 3.70. The zero-order valence-electron chi connectivity index (χ0n) is 8.75. The van der Waals surface area contributed by atoms with Crippen molar-refractivity contribution in [1.82, 2.24) is 25.5 Å². The lowest BCUT2D eigenvalue weighted by molar-refractivity contribution is -0.136. The number of carbonyl (C=O) groups is 2. The van der Waals surface area contributed by atoms with Gasteiger partial charge in [-0.1, -0.05) is 5.21 Å². The van der Waals surface area contributed by atoms with E-state index in [-0.39, 0.29) is 5.91 Å². The van der Waals surface area contributed by atoms with Gasteiger partial charge in [-0.3, -0.25) is 9.59 Å². The minimum atomic E-state index is -0.569. The number of likely N-dealkylation sites (tertiary alicyclic amines) is 1. The normalized spacial score (nSPS) is 22.4. The third-order valence-corrected chi connectivity index (χ3v) is 2.74. The van der Waals surface area contributed by atoms with Crippen molar-refractivity contribution in [2.24, 2.45) is 5.73 Å². The van der Waals surface area contributed by atoms with Gasteiger partial charge < -0.3 is 10.6 Å². The fourth-order valence-electron chi connectivity index (χ4n) is 1.94. The molecule has 16 heavy (non-hydrogen) atoms. The van der Waals surface area contributed by atoms with Crippen molar-refractivity contribution >= 4 is 11.8 Å². The van der Waals surface area contributed by atoms with Crippen LogP contribution in [0.3, 0.4) is 0 Å². The van der Waals surface area contributed by atoms with Gasteiger partial charge in [0, 0.05) is 6.42 Å². The molecule has 0 spiro atoms. The number of carbonyl (C=O) groups excluding carboxylic acids is 2. The van der Waals surface area contributed by atoms with E-state index in [0.717, 1.165) is 0 Å². The summed E-state index contributed by atoms with van der Waals surface area (Å²) in [6.45, 7) is 1.74. The van der Waals surface area contributed by atoms with Gasteiger partial charge in [0.2, 0.25) is 11.8 Å². The Labute approximate surface area is 91.2 Å². The van der Waals surface area contributed by atoms with Crippen molar-refractivity contribution in [3.05, 3.63) is 5.82 Å². The number of nitrogens with two attached hydrogens (primary N) is 1. The molecule has 0 bridgehead atoms. The fraction of sp³-hybridized carbons (Fsp3) is 0.625. The minimum Gasteiger partial charge on any atom is -0.368 e. The summed E-state index contributed by atoms with van der Waals surface area (Å²) < 4.78 is 0. The Morgan fingerprint density at radius 3 is 3.00 bits per heavy atom. The average Bonchev–Trinajstić information content (AvgIpc) is 2.84. The second kappa shape index (κ2) is 3.87. The van der Waals surface area contributed by atoms with Gasteiger partial charge in [-0.2, -0.15) is 5.21 Å². The van der Waals surface area contributed by atoms with Crippen LogP contribution in [0, 0.1) is 0 Å². The lowest BCUT2D eigenvalue weighted by Crippen LogP contribution is -2.43. The van der Waals surface area contributed by atoms with E-state index in [1.807, 2.05) is 0 Å². The number of amides is 2. The molecular formula is C8H12N6O2. The highest BCUT2D eigenvalue weighted by molar-refractivity contribution is 5.90. The summed E-state index contributed by atoms with van der Waals surface area (Å²) in [7, 11) is 0. The molecule has 1 aliphatic rings. The van der Waals surface area contributed by atoms with E-state index >= 15 is 0 Å². The maximum atomic E-state index is 11.7. The lowest BCUT2D eigenvalue weighted by atomic mass is 10.2. The number of tetrazole rings is 1. The topological polar surface area (TPSA) is 118 Å². The largest absolute Gasteiger partial charge is 0.368 e. The van der Waals surface area contributed by atoms with Crippen LogP contribution in [-0.2, 0) is 9.59 Å². The highest BCUT2D eigenvalue weighted by Crippen LogP contribution is 2.27. The number of aromatic amines is 1. The first-order valence-electron chi connectivity index (χ1n) is 4.95. The molecule has 8 heteroatoms. The zero-order chi connectivity index (χ0) is 11.7. The molecule has 2 rings (SSSR count). The first kappa shape index (κ1) is 10.5. The highest BCUT2D eigenvalue weighted by Gasteiger charge is 2.39. The molecule has 1 fully saturated rings. The molecule has 2 heterocycles. The van der Waals surface area contributed by atoms with Crippen LogP contribution in [0.25, 0.3) is 0 Å². The monoisotopic (exact) mass is 224 g/mol. The first-order valence-corrected chi connectivity index (χ1v) is 4.95. The van der Waals surface area contributed by atoms with Gasteiger partial charge in [-0.05, 0) is 13.3 Å². The molecule has 1 aliphatic heterocycles. The number of aromatic nitrogens is 4. The molecule has 1 aromatic rings. The molecular weight excluding hydrogens is 212 g/mol. The molecule has 0 saturated carbocycles. The van der Waals surface area contributed by atoms with Crippen molar-refractivity contribution < 1.29 is 9.59 Å². The minimum absolute atomic E-state index is 0.110. The van der Waals surface area contributed by atoms with Gasteiger partial charge in [-0.15, -0.1) is 10.2 Å². The van der Waals surface area contributed by atoms with E-state index in [1.54, 1.807) is 6.92 Å². The number of nitrogens with one attached hydrogen (secondary N) is 1. The van der Waals surface area contributed by atoms with Gasteiger partial charge in [0.05, 0.1) is 6.04 Å². The van der Waals surface area contributed by atoms with Crippen LogP contribution < -0.4 is 5.73 Å². The Bertz CT molecular complexity index is 403. The molecule has 1 aromatic heterocycles. The number of nitrogens with zero attached hydrogens (tertiary/aromatic N) is 4. The third-order valence-electron chi connectivity index (χ3n) is 2.74. The van der Waals surface area contributed by atoms with E-state index in [2.05, 4.69) is 20.6 Å². The first-order chi connectivity index (χ1) is 7.61. The molecule has 2 atom stereocenters. The van der Waals surface area contributed by atoms with Gasteiger partial charge >= 0.3 is 0 Å². The van der Waals surface area contributed by atoms with E-state index in [0.29, 0.717) is 18.7 Å². The van der Waals surface area contributed by atoms with Crippen LogP contribution in [-0.4, -0.2) is 43.4 Å². The van der Waals surface area contributed by atoms with Crippen LogP contribution >= 0.6 is 0 Å². The number of primary amides is 1. The lowest BCUT2D eigenvalue weighted by Gasteiger charge is -2.26. The third kappa shape index (κ3) is 1.62. The highest BCUT2D eigenvalue weighted by atomic mass is 16.2. The Morgan fingerprint density at radius 1 is 1.69 bits per heavy atom. The van der Waals surface area contributed by atoms with E-state index in [4.69, 9.17) is 5.73 Å². The van der Waals surface area contributed by atoms with E-state index in [9.17, 15) is 9.59 Å². The number of hydrogen-bond acceptors (Lipinski definition) is 5. The Morgan fingerprint density at radius 2 is 2.44 bits per heavy atom. The molecule has 2 unspecified atom stereocenters. The molecule has 3 N–H and O–H groups in total. The summed E-state index contributed by atoms with van der Waals surface area (Å²) in [6.07, 6.45) is 0.784. The van der Waals surface area contributed by atoms with E-state index < -0.39 is 18.0 Å². The molecule has 8 nitrogen and oxygen atoms in total. The van der Waals surface area contributed by atoms with E-state index in [1.165, 1.54) is 4.90 Å². The van der Waals surface area contributed by atoms with Gasteiger partial charge in [0.1, 0.15) is 6.04 Å². The molecule has 0 aliphatic carbocycles. The summed E-state index contributed by atoms with van der Waals surface area (Å²) in [5.41, 5.74) is 5.24. The summed E-state index contributed by atoms with van der Waals surface area (Å²) in [6, 6.07) is -0.966. The van der Waals surface area contributed by atoms with Crippen LogP contribution in [0.4, 0.5) is 0 Å². The van der Waals surface area contributed by atoms with Crippen LogP contribution in [0.2, 0.25) is 0 Å². The number of hydrogen-bond donors (Lipinski definition) is 2. The van der Waals surface area contributed by atoms with Crippen LogP contribution in [0.1, 0.15) is 31.6 Å². The Kier molecular flexibility index (Phi) is 2.55. The maximum Gasteiger partial charge on any atom is 0.240 e. The summed E-state index contributed by atoms with van der Waals surface area (Å²) in [4.78, 5) is 24.3. The molecule has 2 amide bonds. The van der Waals surface area contributed by atoms with Gasteiger partial charge in [-0.25, -0.2) is 0 Å². The summed E-state index contributed by atoms with van der Waals surface area (Å²) >= 11 is 0. The number of rotatable bonds is 3. The quantitative estimate of drug-likeness (QED) is 0.664. The zero-order valence-corrected chi connectivity index (χ0v) is 8.75. The van der Waals surface area contributed by atoms with Gasteiger partial charge in [0.15, 0.2) is 5.82 Å². The number of H-pyrrole nitrogens is 1. The molecule has 1 saturated heterocycles. The molecule has 0 radical (unpaired) electrons. The van der Waals surface area contributed by atoms with Crippen molar-refractivity contribution in [2.45, 2.75) is 31.8 Å².